The van der Waals surface area contributed by atoms with Crippen molar-refractivity contribution < 1.29 is 15.0 Å². The molecule has 1 N–H and O–H groups in total. The van der Waals surface area contributed by atoms with Crippen LogP contribution in [0.15, 0.2) is 75.1 Å². The summed E-state index contributed by atoms with van der Waals surface area (Å²) in [4.78, 5) is 25.3. The molecule has 0 aliphatic carbocycles. The highest BCUT2D eigenvalue weighted by atomic mass is 16.6. The van der Waals surface area contributed by atoms with Crippen molar-refractivity contribution in [2.24, 2.45) is 20.5 Å². The minimum absolute atomic E-state index is 0.0570. The first-order valence-electron chi connectivity index (χ1n) is 12.6. The van der Waals surface area contributed by atoms with Crippen LogP contribution >= 0.6 is 0 Å². The molecule has 0 radical (unpaired) electrons. The maximum Gasteiger partial charge on any atom is 0.269 e. The van der Waals surface area contributed by atoms with Crippen LogP contribution in [-0.2, 0) is 0 Å². The maximum absolute atomic E-state index is 11.5. The van der Waals surface area contributed by atoms with E-state index in [0.29, 0.717) is 11.4 Å². The van der Waals surface area contributed by atoms with Gasteiger partial charge in [-0.1, -0.05) is 0 Å². The van der Waals surface area contributed by atoms with Crippen molar-refractivity contribution >= 4 is 45.5 Å². The second-order valence-corrected chi connectivity index (χ2v) is 9.30. The Morgan fingerprint density at radius 1 is 0.615 bits per heavy atom. The van der Waals surface area contributed by atoms with Crippen molar-refractivity contribution in [3.8, 4) is 5.75 Å². The lowest BCUT2D eigenvalue weighted by Crippen LogP contribution is -2.21. The van der Waals surface area contributed by atoms with Crippen LogP contribution in [0.1, 0.15) is 25.7 Å². The summed E-state index contributed by atoms with van der Waals surface area (Å²) in [5, 5.41) is 50.7. The lowest BCUT2D eigenvalue weighted by molar-refractivity contribution is -0.385. The van der Waals surface area contributed by atoms with Crippen LogP contribution in [0.25, 0.3) is 0 Å². The molecule has 0 amide bonds. The lowest BCUT2D eigenvalue weighted by atomic mass is 10.1. The predicted molar refractivity (Wildman–Crippen MR) is 146 cm³/mol. The second kappa shape index (κ2) is 11.2. The van der Waals surface area contributed by atoms with Crippen molar-refractivity contribution in [3.63, 3.8) is 0 Å². The third kappa shape index (κ3) is 5.66. The standard InChI is InChI=1S/C26H26N8O5/c35-26-24(29-27-18-5-9-20(10-6-18)33(36)37)22(31-13-1-2-14-31)17-23(32-15-3-4-16-32)25(26)30-28-19-7-11-21(12-8-19)34(38)39/h5-12,17,35H,1-4,13-16H2. The fourth-order valence-corrected chi connectivity index (χ4v) is 4.71. The average molecular weight is 531 g/mol. The average Bonchev–Trinajstić information content (AvgIpc) is 3.67. The molecule has 39 heavy (non-hydrogen) atoms. The molecule has 13 heteroatoms. The highest BCUT2D eigenvalue weighted by molar-refractivity contribution is 5.89. The van der Waals surface area contributed by atoms with Crippen LogP contribution in [-0.4, -0.2) is 41.1 Å². The van der Waals surface area contributed by atoms with E-state index in [0.717, 1.165) is 63.2 Å². The van der Waals surface area contributed by atoms with Gasteiger partial charge in [0.25, 0.3) is 11.4 Å². The number of phenolic OH excluding ortho intramolecular Hbond substituents is 1. The minimum atomic E-state index is -0.489. The Kier molecular flexibility index (Phi) is 7.39. The summed E-state index contributed by atoms with van der Waals surface area (Å²) >= 11 is 0. The molecule has 0 saturated carbocycles. The Bertz CT molecular complexity index is 1320. The van der Waals surface area contributed by atoms with Crippen molar-refractivity contribution in [3.05, 3.63) is 74.8 Å². The lowest BCUT2D eigenvalue weighted by Gasteiger charge is -2.26. The van der Waals surface area contributed by atoms with Gasteiger partial charge in [-0.25, -0.2) is 0 Å². The van der Waals surface area contributed by atoms with Gasteiger partial charge < -0.3 is 14.9 Å². The molecule has 3 aromatic rings. The molecule has 200 valence electrons. The molecule has 2 saturated heterocycles. The summed E-state index contributed by atoms with van der Waals surface area (Å²) in [7, 11) is 0. The van der Waals surface area contributed by atoms with Gasteiger partial charge in [0.15, 0.2) is 17.1 Å². The van der Waals surface area contributed by atoms with Crippen molar-refractivity contribution in [1.29, 1.82) is 0 Å². The smallest absolute Gasteiger partial charge is 0.269 e. The molecule has 5 rings (SSSR count). The molecule has 2 fully saturated rings. The molecular weight excluding hydrogens is 504 g/mol. The van der Waals surface area contributed by atoms with E-state index in [2.05, 4.69) is 30.3 Å². The molecule has 0 bridgehead atoms. The van der Waals surface area contributed by atoms with Crippen molar-refractivity contribution in [2.45, 2.75) is 25.7 Å². The van der Waals surface area contributed by atoms with E-state index in [9.17, 15) is 25.3 Å². The Morgan fingerprint density at radius 2 is 0.974 bits per heavy atom. The first-order valence-corrected chi connectivity index (χ1v) is 12.6. The van der Waals surface area contributed by atoms with Gasteiger partial charge in [-0.05, 0) is 56.0 Å². The summed E-state index contributed by atoms with van der Waals surface area (Å²) in [6.07, 6.45) is 4.06. The number of non-ortho nitro benzene ring substituents is 2. The number of benzene rings is 3. The number of azo groups is 2. The molecule has 2 aliphatic rings. The molecule has 0 spiro atoms. The number of hydrogen-bond donors (Lipinski definition) is 1. The number of aromatic hydroxyl groups is 1. The fourth-order valence-electron chi connectivity index (χ4n) is 4.71. The first kappa shape index (κ1) is 25.7. The monoisotopic (exact) mass is 530 g/mol. The number of phenols is 1. The van der Waals surface area contributed by atoms with Crippen LogP contribution in [0.4, 0.5) is 45.5 Å². The van der Waals surface area contributed by atoms with Gasteiger partial charge >= 0.3 is 0 Å². The van der Waals surface area contributed by atoms with E-state index in [1.54, 1.807) is 0 Å². The van der Waals surface area contributed by atoms with E-state index in [-0.39, 0.29) is 28.5 Å². The largest absolute Gasteiger partial charge is 0.504 e. The van der Waals surface area contributed by atoms with Gasteiger partial charge in [0, 0.05) is 50.4 Å². The van der Waals surface area contributed by atoms with Crippen molar-refractivity contribution in [1.82, 2.24) is 0 Å². The Morgan fingerprint density at radius 3 is 1.31 bits per heavy atom. The van der Waals surface area contributed by atoms with Crippen molar-refractivity contribution in [2.75, 3.05) is 36.0 Å². The number of nitrogens with zero attached hydrogens (tertiary/aromatic N) is 8. The number of rotatable bonds is 8. The number of hydrogen-bond acceptors (Lipinski definition) is 11. The van der Waals surface area contributed by atoms with Crippen LogP contribution in [0.3, 0.4) is 0 Å². The molecule has 3 aromatic carbocycles. The highest BCUT2D eigenvalue weighted by Gasteiger charge is 2.27. The summed E-state index contributed by atoms with van der Waals surface area (Å²) < 4.78 is 0. The zero-order chi connectivity index (χ0) is 27.4. The first-order chi connectivity index (χ1) is 18.9. The molecule has 0 aromatic heterocycles. The van der Waals surface area contributed by atoms with Gasteiger partial charge in [0.1, 0.15) is 0 Å². The number of nitro benzene ring substituents is 2. The SMILES string of the molecule is O=[N+]([O-])c1ccc(N=Nc2c(N3CCCC3)cc(N3CCCC3)c(N=Nc3ccc([N+](=O)[O-])cc3)c2O)cc1. The van der Waals surface area contributed by atoms with E-state index in [1.807, 2.05) is 6.07 Å². The van der Waals surface area contributed by atoms with Gasteiger partial charge in [-0.3, -0.25) is 20.2 Å². The Labute approximate surface area is 223 Å². The third-order valence-electron chi connectivity index (χ3n) is 6.75. The number of anilines is 2. The molecular formula is C26H26N8O5. The molecule has 0 unspecified atom stereocenters. The van der Waals surface area contributed by atoms with E-state index in [1.165, 1.54) is 48.5 Å². The number of nitro groups is 2. The second-order valence-electron chi connectivity index (χ2n) is 9.30. The highest BCUT2D eigenvalue weighted by Crippen LogP contribution is 2.51. The molecule has 2 aliphatic heterocycles. The molecule has 13 nitrogen and oxygen atoms in total. The van der Waals surface area contributed by atoms with Crippen LogP contribution in [0.5, 0.6) is 5.75 Å². The van der Waals surface area contributed by atoms with Gasteiger partial charge in [0.05, 0.1) is 32.6 Å². The zero-order valence-corrected chi connectivity index (χ0v) is 21.0. The maximum atomic E-state index is 11.5. The van der Waals surface area contributed by atoms with Gasteiger partial charge in [-0.2, -0.15) is 10.2 Å². The van der Waals surface area contributed by atoms with E-state index in [4.69, 9.17) is 0 Å². The van der Waals surface area contributed by atoms with Gasteiger partial charge in [0.2, 0.25) is 0 Å². The summed E-state index contributed by atoms with van der Waals surface area (Å²) in [5.74, 6) is -0.183. The van der Waals surface area contributed by atoms with Crippen LogP contribution < -0.4 is 9.80 Å². The zero-order valence-electron chi connectivity index (χ0n) is 21.0. The molecule has 2 heterocycles. The third-order valence-corrected chi connectivity index (χ3v) is 6.75. The fraction of sp³-hybridized carbons (Fsp3) is 0.308. The Hall–Kier alpha value is -4.94. The minimum Gasteiger partial charge on any atom is -0.504 e. The van der Waals surface area contributed by atoms with Crippen LogP contribution in [0.2, 0.25) is 0 Å². The normalized spacial score (nSPS) is 15.6. The van der Waals surface area contributed by atoms with E-state index >= 15 is 0 Å². The van der Waals surface area contributed by atoms with Crippen LogP contribution in [0, 0.1) is 20.2 Å². The summed E-state index contributed by atoms with van der Waals surface area (Å²) in [5.41, 5.74) is 2.59. The van der Waals surface area contributed by atoms with Gasteiger partial charge in [-0.15, -0.1) is 10.2 Å². The Balaban J connectivity index is 1.58. The molecule has 0 atom stereocenters. The summed E-state index contributed by atoms with van der Waals surface area (Å²) in [6.45, 7) is 3.23. The predicted octanol–water partition coefficient (Wildman–Crippen LogP) is 7.24. The topological polar surface area (TPSA) is 162 Å². The quantitative estimate of drug-likeness (QED) is 0.182. The van der Waals surface area contributed by atoms with E-state index < -0.39 is 9.85 Å². The summed E-state index contributed by atoms with van der Waals surface area (Å²) in [6, 6.07) is 13.3.